The van der Waals surface area contributed by atoms with Crippen molar-refractivity contribution in [2.75, 3.05) is 19.8 Å². The van der Waals surface area contributed by atoms with Crippen LogP contribution in [0.1, 0.15) is 33.6 Å². The van der Waals surface area contributed by atoms with Crippen LogP contribution in [0.4, 0.5) is 0 Å². The third-order valence-electron chi connectivity index (χ3n) is 5.24. The Morgan fingerprint density at radius 2 is 2.03 bits per heavy atom. The molecule has 6 heteroatoms. The number of benzene rings is 1. The molecule has 0 unspecified atom stereocenters. The summed E-state index contributed by atoms with van der Waals surface area (Å²) in [6.45, 7) is 5.76. The van der Waals surface area contributed by atoms with Gasteiger partial charge in [0, 0.05) is 42.2 Å². The number of nitrogens with zero attached hydrogens (tertiary/aromatic N) is 2. The molecule has 0 bridgehead atoms. The van der Waals surface area contributed by atoms with Crippen molar-refractivity contribution in [2.24, 2.45) is 0 Å². The number of rotatable bonds is 7. The number of ether oxygens (including phenoxy) is 2. The molecule has 31 heavy (non-hydrogen) atoms. The maximum atomic E-state index is 12.9. The lowest BCUT2D eigenvalue weighted by Crippen LogP contribution is -2.26. The molecule has 1 atom stereocenters. The fourth-order valence-corrected chi connectivity index (χ4v) is 3.45. The van der Waals surface area contributed by atoms with E-state index >= 15 is 0 Å². The second-order valence-electron chi connectivity index (χ2n) is 7.88. The van der Waals surface area contributed by atoms with Gasteiger partial charge in [0.1, 0.15) is 11.9 Å². The molecule has 1 amide bonds. The largest absolute Gasteiger partial charge is 0.488 e. The van der Waals surface area contributed by atoms with Crippen molar-refractivity contribution in [3.05, 3.63) is 77.2 Å². The fourth-order valence-electron chi connectivity index (χ4n) is 3.45. The van der Waals surface area contributed by atoms with Gasteiger partial charge in [-0.3, -0.25) is 14.8 Å². The summed E-state index contributed by atoms with van der Waals surface area (Å²) < 4.78 is 11.5. The lowest BCUT2D eigenvalue weighted by molar-refractivity contribution is 0.0953. The first-order chi connectivity index (χ1) is 15.1. The fraction of sp³-hybridized carbons (Fsp3) is 0.320. The Hall–Kier alpha value is -3.25. The molecule has 1 aromatic carbocycles. The van der Waals surface area contributed by atoms with E-state index in [0.29, 0.717) is 31.1 Å². The minimum absolute atomic E-state index is 0.00572. The van der Waals surface area contributed by atoms with E-state index in [2.05, 4.69) is 15.3 Å². The standard InChI is InChI=1S/C25H27N3O3/c1-17-3-6-24(28-14-17)20-11-21(13-23(12-20)31-22-8-10-30-16-22)25(29)26-9-7-19-5-4-18(2)27-15-19/h3-6,11-15,22H,7-10,16H2,1-2H3,(H,26,29)/t22-/m1/s1. The van der Waals surface area contributed by atoms with Gasteiger partial charge in [0.25, 0.3) is 5.91 Å². The molecule has 0 radical (unpaired) electrons. The molecular weight excluding hydrogens is 390 g/mol. The molecule has 1 aliphatic heterocycles. The Labute approximate surface area is 182 Å². The summed E-state index contributed by atoms with van der Waals surface area (Å²) in [5, 5.41) is 3.00. The lowest BCUT2D eigenvalue weighted by atomic mass is 10.1. The van der Waals surface area contributed by atoms with Crippen LogP contribution < -0.4 is 10.1 Å². The SMILES string of the molecule is Cc1ccc(-c2cc(O[C@@H]3CCOC3)cc(C(=O)NCCc3ccc(C)nc3)c2)nc1. The van der Waals surface area contributed by atoms with Crippen molar-refractivity contribution in [1.29, 1.82) is 0 Å². The molecule has 2 aromatic heterocycles. The van der Waals surface area contributed by atoms with Crippen LogP contribution in [0.2, 0.25) is 0 Å². The van der Waals surface area contributed by atoms with Crippen LogP contribution in [0.15, 0.2) is 54.9 Å². The summed E-state index contributed by atoms with van der Waals surface area (Å²) in [6.07, 6.45) is 5.25. The predicted octanol–water partition coefficient (Wildman–Crippen LogP) is 3.90. The molecule has 0 saturated carbocycles. The van der Waals surface area contributed by atoms with Gasteiger partial charge >= 0.3 is 0 Å². The van der Waals surface area contributed by atoms with Crippen LogP contribution in [0.3, 0.4) is 0 Å². The zero-order valence-corrected chi connectivity index (χ0v) is 17.9. The van der Waals surface area contributed by atoms with E-state index < -0.39 is 0 Å². The summed E-state index contributed by atoms with van der Waals surface area (Å²) in [4.78, 5) is 21.7. The summed E-state index contributed by atoms with van der Waals surface area (Å²) >= 11 is 0. The Morgan fingerprint density at radius 3 is 2.74 bits per heavy atom. The van der Waals surface area contributed by atoms with E-state index in [1.54, 1.807) is 6.07 Å². The highest BCUT2D eigenvalue weighted by molar-refractivity contribution is 5.96. The van der Waals surface area contributed by atoms with Crippen molar-refractivity contribution in [3.63, 3.8) is 0 Å². The number of amides is 1. The first-order valence-electron chi connectivity index (χ1n) is 10.6. The van der Waals surface area contributed by atoms with E-state index in [-0.39, 0.29) is 12.0 Å². The Kier molecular flexibility index (Phi) is 6.57. The molecule has 3 aromatic rings. The van der Waals surface area contributed by atoms with Crippen LogP contribution in [0.25, 0.3) is 11.3 Å². The highest BCUT2D eigenvalue weighted by Gasteiger charge is 2.19. The predicted molar refractivity (Wildman–Crippen MR) is 119 cm³/mol. The second-order valence-corrected chi connectivity index (χ2v) is 7.88. The van der Waals surface area contributed by atoms with Crippen LogP contribution in [-0.2, 0) is 11.2 Å². The van der Waals surface area contributed by atoms with Crippen molar-refractivity contribution in [1.82, 2.24) is 15.3 Å². The monoisotopic (exact) mass is 417 g/mol. The molecule has 0 aliphatic carbocycles. The average molecular weight is 418 g/mol. The maximum absolute atomic E-state index is 12.9. The molecule has 160 valence electrons. The van der Waals surface area contributed by atoms with Gasteiger partial charge in [-0.2, -0.15) is 0 Å². The number of carbonyl (C=O) groups is 1. The van der Waals surface area contributed by atoms with E-state index in [0.717, 1.165) is 40.9 Å². The van der Waals surface area contributed by atoms with E-state index in [9.17, 15) is 4.79 Å². The number of pyridine rings is 2. The van der Waals surface area contributed by atoms with Crippen molar-refractivity contribution < 1.29 is 14.3 Å². The molecular formula is C25H27N3O3. The molecule has 1 fully saturated rings. The number of aryl methyl sites for hydroxylation is 2. The van der Waals surface area contributed by atoms with Gasteiger partial charge in [0.15, 0.2) is 0 Å². The first kappa shape index (κ1) is 21.0. The van der Waals surface area contributed by atoms with E-state index in [4.69, 9.17) is 9.47 Å². The quantitative estimate of drug-likeness (QED) is 0.631. The number of nitrogens with one attached hydrogen (secondary N) is 1. The van der Waals surface area contributed by atoms with E-state index in [1.165, 1.54) is 0 Å². The topological polar surface area (TPSA) is 73.3 Å². The third-order valence-corrected chi connectivity index (χ3v) is 5.24. The van der Waals surface area contributed by atoms with Crippen LogP contribution in [-0.4, -0.2) is 41.7 Å². The smallest absolute Gasteiger partial charge is 0.251 e. The zero-order chi connectivity index (χ0) is 21.6. The van der Waals surface area contributed by atoms with Crippen LogP contribution in [0.5, 0.6) is 5.75 Å². The molecule has 1 N–H and O–H groups in total. The van der Waals surface area contributed by atoms with Gasteiger partial charge < -0.3 is 14.8 Å². The van der Waals surface area contributed by atoms with Crippen LogP contribution in [0, 0.1) is 13.8 Å². The van der Waals surface area contributed by atoms with E-state index in [1.807, 2.05) is 62.6 Å². The summed E-state index contributed by atoms with van der Waals surface area (Å²) in [5.74, 6) is 0.518. The zero-order valence-electron chi connectivity index (χ0n) is 17.9. The highest BCUT2D eigenvalue weighted by Crippen LogP contribution is 2.27. The third kappa shape index (κ3) is 5.67. The average Bonchev–Trinajstić information content (AvgIpc) is 3.28. The maximum Gasteiger partial charge on any atom is 0.251 e. The number of aromatic nitrogens is 2. The second kappa shape index (κ2) is 9.71. The highest BCUT2D eigenvalue weighted by atomic mass is 16.5. The summed E-state index contributed by atoms with van der Waals surface area (Å²) in [7, 11) is 0. The molecule has 3 heterocycles. The summed E-state index contributed by atoms with van der Waals surface area (Å²) in [6, 6.07) is 13.6. The molecule has 6 nitrogen and oxygen atoms in total. The van der Waals surface area contributed by atoms with Crippen molar-refractivity contribution in [3.8, 4) is 17.0 Å². The number of hydrogen-bond donors (Lipinski definition) is 1. The molecule has 1 aliphatic rings. The summed E-state index contributed by atoms with van der Waals surface area (Å²) in [5.41, 5.74) is 5.37. The van der Waals surface area contributed by atoms with Crippen LogP contribution >= 0.6 is 0 Å². The van der Waals surface area contributed by atoms with Gasteiger partial charge in [0.05, 0.1) is 18.9 Å². The minimum atomic E-state index is -0.137. The van der Waals surface area contributed by atoms with Crippen molar-refractivity contribution in [2.45, 2.75) is 32.8 Å². The molecule has 4 rings (SSSR count). The van der Waals surface area contributed by atoms with Gasteiger partial charge in [-0.05, 0) is 61.7 Å². The number of carbonyl (C=O) groups excluding carboxylic acids is 1. The Morgan fingerprint density at radius 1 is 1.13 bits per heavy atom. The lowest BCUT2D eigenvalue weighted by Gasteiger charge is -2.15. The molecule has 0 spiro atoms. The molecule has 1 saturated heterocycles. The van der Waals surface area contributed by atoms with Gasteiger partial charge in [-0.15, -0.1) is 0 Å². The van der Waals surface area contributed by atoms with Gasteiger partial charge in [-0.1, -0.05) is 12.1 Å². The van der Waals surface area contributed by atoms with Gasteiger partial charge in [-0.25, -0.2) is 0 Å². The van der Waals surface area contributed by atoms with Crippen molar-refractivity contribution >= 4 is 5.91 Å². The minimum Gasteiger partial charge on any atom is -0.488 e. The van der Waals surface area contributed by atoms with Gasteiger partial charge in [0.2, 0.25) is 0 Å². The Balaban J connectivity index is 1.51. The Bertz CT molecular complexity index is 1030. The normalized spacial score (nSPS) is 15.6. The first-order valence-corrected chi connectivity index (χ1v) is 10.6. The number of hydrogen-bond acceptors (Lipinski definition) is 5.